The normalized spacial score (nSPS) is 33.2. The third-order valence-corrected chi connectivity index (χ3v) is 5.18. The third kappa shape index (κ3) is 2.06. The maximum Gasteiger partial charge on any atom is 0.0717 e. The molecule has 0 aromatic rings. The quantitative estimate of drug-likeness (QED) is 0.542. The van der Waals surface area contributed by atoms with Crippen molar-refractivity contribution < 1.29 is 0 Å². The van der Waals surface area contributed by atoms with Crippen LogP contribution in [-0.4, -0.2) is 39.2 Å². The second kappa shape index (κ2) is 3.91. The molecule has 2 rings (SSSR count). The topological polar surface area (TPSA) is 0 Å². The first-order valence-electron chi connectivity index (χ1n) is 6.56. The van der Waals surface area contributed by atoms with Crippen LogP contribution in [-0.2, 0) is 0 Å². The van der Waals surface area contributed by atoms with Crippen molar-refractivity contribution in [2.75, 3.05) is 0 Å². The van der Waals surface area contributed by atoms with E-state index in [9.17, 15) is 0 Å². The van der Waals surface area contributed by atoms with Crippen LogP contribution in [0.5, 0.6) is 0 Å². The van der Waals surface area contributed by atoms with Crippen LogP contribution in [0.1, 0.15) is 51.9 Å². The molecule has 0 bridgehead atoms. The zero-order valence-corrected chi connectivity index (χ0v) is 10.8. The summed E-state index contributed by atoms with van der Waals surface area (Å²) >= 11 is 0. The molecule has 0 amide bonds. The van der Waals surface area contributed by atoms with Crippen molar-refractivity contribution in [3.05, 3.63) is 0 Å². The molecule has 2 fully saturated rings. The molecule has 2 aliphatic carbocycles. The summed E-state index contributed by atoms with van der Waals surface area (Å²) in [5.74, 6) is 0. The Bertz CT molecular complexity index is 280. The SMILES string of the molecule is [B]C1([B])CC2(CCCCC2)CC([B])([B])C1([B])C. The molecule has 2 aliphatic rings. The van der Waals surface area contributed by atoms with Crippen molar-refractivity contribution in [1.29, 1.82) is 0 Å². The first-order valence-corrected chi connectivity index (χ1v) is 6.56. The molecule has 0 aliphatic heterocycles. The predicted octanol–water partition coefficient (Wildman–Crippen LogP) is 1.98. The van der Waals surface area contributed by atoms with E-state index in [1.54, 1.807) is 6.92 Å². The monoisotopic (exact) mass is 216 g/mol. The fraction of sp³-hybridized carbons (Fsp3) is 1.00. The molecule has 0 unspecified atom stereocenters. The van der Waals surface area contributed by atoms with E-state index in [1.807, 2.05) is 0 Å². The molecule has 5 heteroatoms. The van der Waals surface area contributed by atoms with E-state index >= 15 is 0 Å². The van der Waals surface area contributed by atoms with E-state index in [0.717, 1.165) is 25.7 Å². The van der Waals surface area contributed by atoms with Crippen molar-refractivity contribution in [3.63, 3.8) is 0 Å². The summed E-state index contributed by atoms with van der Waals surface area (Å²) in [6.45, 7) is 1.78. The molecule has 0 aromatic carbocycles. The van der Waals surface area contributed by atoms with Crippen LogP contribution in [0.3, 0.4) is 0 Å². The van der Waals surface area contributed by atoms with E-state index in [4.69, 9.17) is 39.2 Å². The van der Waals surface area contributed by atoms with Crippen LogP contribution in [0.2, 0.25) is 15.7 Å². The molecule has 17 heavy (non-hydrogen) atoms. The minimum Gasteiger partial charge on any atom is -0.102 e. The van der Waals surface area contributed by atoms with Gasteiger partial charge in [0.25, 0.3) is 0 Å². The lowest BCUT2D eigenvalue weighted by Crippen LogP contribution is -2.51. The molecule has 0 atom stereocenters. The Balaban J connectivity index is 2.32. The molecule has 0 aromatic heterocycles. The van der Waals surface area contributed by atoms with Crippen molar-refractivity contribution in [3.8, 4) is 0 Å². The summed E-state index contributed by atoms with van der Waals surface area (Å²) < 4.78 is 0. The number of rotatable bonds is 0. The van der Waals surface area contributed by atoms with Crippen molar-refractivity contribution in [2.45, 2.75) is 67.6 Å². The van der Waals surface area contributed by atoms with Crippen LogP contribution < -0.4 is 0 Å². The van der Waals surface area contributed by atoms with Gasteiger partial charge in [-0.05, 0) is 18.3 Å². The molecule has 0 heterocycles. The maximum atomic E-state index is 6.23. The van der Waals surface area contributed by atoms with Gasteiger partial charge >= 0.3 is 0 Å². The molecule has 0 N–H and O–H groups in total. The number of hydrogen-bond donors (Lipinski definition) is 0. The maximum absolute atomic E-state index is 6.23. The van der Waals surface area contributed by atoms with Gasteiger partial charge < -0.3 is 0 Å². The smallest absolute Gasteiger partial charge is 0.0717 e. The standard InChI is InChI=1S/C12H17B5/c1-9(13)11(14,15)7-10(8-12(9,16)17)5-3-2-4-6-10/h2-8H2,1H3. The largest absolute Gasteiger partial charge is 0.102 e. The Morgan fingerprint density at radius 2 is 1.12 bits per heavy atom. The second-order valence-corrected chi connectivity index (χ2v) is 6.70. The van der Waals surface area contributed by atoms with Gasteiger partial charge in [0.2, 0.25) is 0 Å². The van der Waals surface area contributed by atoms with Gasteiger partial charge in [-0.25, -0.2) is 0 Å². The Morgan fingerprint density at radius 1 is 0.706 bits per heavy atom. The van der Waals surface area contributed by atoms with E-state index in [1.165, 1.54) is 19.3 Å². The molecule has 0 nitrogen and oxygen atoms in total. The lowest BCUT2D eigenvalue weighted by atomic mass is 9.18. The van der Waals surface area contributed by atoms with E-state index in [2.05, 4.69) is 0 Å². The zero-order chi connectivity index (χ0) is 12.9. The van der Waals surface area contributed by atoms with Crippen LogP contribution in [0.25, 0.3) is 0 Å². The molecule has 0 saturated heterocycles. The van der Waals surface area contributed by atoms with Gasteiger partial charge in [0.05, 0.1) is 39.2 Å². The Kier molecular flexibility index (Phi) is 3.16. The highest BCUT2D eigenvalue weighted by Gasteiger charge is 2.55. The van der Waals surface area contributed by atoms with Crippen LogP contribution in [0.15, 0.2) is 0 Å². The van der Waals surface area contributed by atoms with Gasteiger partial charge in [-0.3, -0.25) is 0 Å². The van der Waals surface area contributed by atoms with Crippen LogP contribution in [0.4, 0.5) is 0 Å². The Hall–Kier alpha value is 0.325. The van der Waals surface area contributed by atoms with Gasteiger partial charge in [0.1, 0.15) is 0 Å². The fourth-order valence-electron chi connectivity index (χ4n) is 3.76. The zero-order valence-electron chi connectivity index (χ0n) is 10.8. The Morgan fingerprint density at radius 3 is 1.53 bits per heavy atom. The third-order valence-electron chi connectivity index (χ3n) is 5.18. The van der Waals surface area contributed by atoms with Crippen LogP contribution >= 0.6 is 0 Å². The first kappa shape index (κ1) is 13.7. The van der Waals surface area contributed by atoms with Crippen molar-refractivity contribution in [1.82, 2.24) is 0 Å². The lowest BCUT2D eigenvalue weighted by Gasteiger charge is -2.66. The molecular weight excluding hydrogens is 198 g/mol. The highest BCUT2D eigenvalue weighted by molar-refractivity contribution is 6.52. The fourth-order valence-corrected chi connectivity index (χ4v) is 3.76. The second-order valence-electron chi connectivity index (χ2n) is 6.70. The molecule has 1 spiro atoms. The van der Waals surface area contributed by atoms with Crippen LogP contribution in [0, 0.1) is 5.41 Å². The van der Waals surface area contributed by atoms with Crippen molar-refractivity contribution >= 4 is 39.2 Å². The number of hydrogen-bond acceptors (Lipinski definition) is 0. The summed E-state index contributed by atoms with van der Waals surface area (Å²) in [5.41, 5.74) is 0.101. The summed E-state index contributed by atoms with van der Waals surface area (Å²) in [4.78, 5) is 0. The average molecular weight is 215 g/mol. The van der Waals surface area contributed by atoms with E-state index in [0.29, 0.717) is 0 Å². The van der Waals surface area contributed by atoms with Gasteiger partial charge in [-0.2, -0.15) is 0 Å². The summed E-state index contributed by atoms with van der Waals surface area (Å²) in [6, 6.07) is 0. The van der Waals surface area contributed by atoms with Gasteiger partial charge in [0.15, 0.2) is 0 Å². The highest BCUT2D eigenvalue weighted by atomic mass is 14.5. The van der Waals surface area contributed by atoms with Gasteiger partial charge in [-0.1, -0.05) is 44.3 Å². The first-order chi connectivity index (χ1) is 7.62. The van der Waals surface area contributed by atoms with E-state index < -0.39 is 15.7 Å². The summed E-state index contributed by atoms with van der Waals surface area (Å²) in [6.07, 6.45) is 7.41. The van der Waals surface area contributed by atoms with Crippen molar-refractivity contribution in [2.24, 2.45) is 5.41 Å². The van der Waals surface area contributed by atoms with E-state index in [-0.39, 0.29) is 5.41 Å². The Labute approximate surface area is 113 Å². The minimum atomic E-state index is -0.994. The summed E-state index contributed by atoms with van der Waals surface area (Å²) in [7, 11) is 31.1. The lowest BCUT2D eigenvalue weighted by molar-refractivity contribution is 0.0868. The molecular formula is C12H17B5. The highest BCUT2D eigenvalue weighted by Crippen LogP contribution is 2.72. The predicted molar refractivity (Wildman–Crippen MR) is 77.3 cm³/mol. The molecule has 2 saturated carbocycles. The molecule has 10 radical (unpaired) electrons. The summed E-state index contributed by atoms with van der Waals surface area (Å²) in [5, 5.41) is -2.93. The van der Waals surface area contributed by atoms with Gasteiger partial charge in [-0.15, -0.1) is 10.4 Å². The minimum absolute atomic E-state index is 0.101. The van der Waals surface area contributed by atoms with Gasteiger partial charge in [0, 0.05) is 0 Å². The molecule has 80 valence electrons. The average Bonchev–Trinajstić information content (AvgIpc) is 2.14.